The first-order valence-electron chi connectivity index (χ1n) is 10.4. The normalized spacial score (nSPS) is 22.2. The number of halogens is 3. The van der Waals surface area contributed by atoms with E-state index >= 15 is 0 Å². The van der Waals surface area contributed by atoms with Gasteiger partial charge in [0.05, 0.1) is 5.56 Å². The van der Waals surface area contributed by atoms with Gasteiger partial charge >= 0.3 is 6.36 Å². The van der Waals surface area contributed by atoms with Gasteiger partial charge in [-0.1, -0.05) is 24.3 Å². The molecule has 7 heteroatoms. The van der Waals surface area contributed by atoms with Crippen molar-refractivity contribution in [3.05, 3.63) is 59.7 Å². The molecule has 0 bridgehead atoms. The Labute approximate surface area is 174 Å². The number of hydrogen-bond donors (Lipinski definition) is 1. The molecule has 2 unspecified atom stereocenters. The molecule has 1 N–H and O–H groups in total. The lowest BCUT2D eigenvalue weighted by Crippen LogP contribution is -2.30. The van der Waals surface area contributed by atoms with Crippen molar-refractivity contribution in [2.24, 2.45) is 0 Å². The molecule has 0 aromatic heterocycles. The number of rotatable bonds is 5. The van der Waals surface area contributed by atoms with E-state index in [1.165, 1.54) is 56.1 Å². The molecular weight excluding hydrogens is 393 g/mol. The van der Waals surface area contributed by atoms with Crippen molar-refractivity contribution in [3.63, 3.8) is 0 Å². The summed E-state index contributed by atoms with van der Waals surface area (Å²) in [4.78, 5) is 15.1. The molecule has 2 aliphatic rings. The lowest BCUT2D eigenvalue weighted by atomic mass is 9.97. The van der Waals surface area contributed by atoms with Crippen LogP contribution in [0.25, 0.3) is 0 Å². The molecule has 1 aliphatic heterocycles. The molecule has 4 rings (SSSR count). The number of carbonyl (C=O) groups excluding carboxylic acids is 1. The predicted octanol–water partition coefficient (Wildman–Crippen LogP) is 5.57. The van der Waals surface area contributed by atoms with E-state index < -0.39 is 18.0 Å². The predicted molar refractivity (Wildman–Crippen MR) is 109 cm³/mol. The molecule has 0 radical (unpaired) electrons. The van der Waals surface area contributed by atoms with E-state index in [1.54, 1.807) is 0 Å². The Morgan fingerprint density at radius 2 is 1.70 bits per heavy atom. The van der Waals surface area contributed by atoms with Crippen molar-refractivity contribution < 1.29 is 22.7 Å². The van der Waals surface area contributed by atoms with E-state index in [-0.39, 0.29) is 5.56 Å². The Hall–Kier alpha value is -2.54. The highest BCUT2D eigenvalue weighted by atomic mass is 19.4. The molecule has 30 heavy (non-hydrogen) atoms. The zero-order valence-corrected chi connectivity index (χ0v) is 16.6. The van der Waals surface area contributed by atoms with E-state index in [4.69, 9.17) is 0 Å². The second-order valence-corrected chi connectivity index (χ2v) is 8.03. The van der Waals surface area contributed by atoms with Gasteiger partial charge in [-0.2, -0.15) is 0 Å². The van der Waals surface area contributed by atoms with Gasteiger partial charge in [0, 0.05) is 11.7 Å². The highest BCUT2D eigenvalue weighted by molar-refractivity contribution is 6.06. The van der Waals surface area contributed by atoms with Crippen molar-refractivity contribution in [2.75, 3.05) is 18.4 Å². The van der Waals surface area contributed by atoms with Gasteiger partial charge in [0.15, 0.2) is 0 Å². The molecule has 160 valence electrons. The van der Waals surface area contributed by atoms with Crippen molar-refractivity contribution in [3.8, 4) is 5.75 Å². The number of nitrogens with zero attached hydrogens (tertiary/aromatic N) is 1. The average Bonchev–Trinajstić information content (AvgIpc) is 3.39. The van der Waals surface area contributed by atoms with Crippen molar-refractivity contribution >= 4 is 11.6 Å². The van der Waals surface area contributed by atoms with Gasteiger partial charge in [0.25, 0.3) is 5.91 Å². The van der Waals surface area contributed by atoms with Crippen LogP contribution >= 0.6 is 0 Å². The minimum Gasteiger partial charge on any atom is -0.405 e. The summed E-state index contributed by atoms with van der Waals surface area (Å²) in [5.74, 6) is -0.642. The zero-order valence-electron chi connectivity index (χ0n) is 16.6. The molecule has 2 aromatic carbocycles. The number of anilines is 1. The van der Waals surface area contributed by atoms with E-state index in [1.807, 2.05) is 24.3 Å². The van der Waals surface area contributed by atoms with Crippen molar-refractivity contribution in [1.82, 2.24) is 4.90 Å². The Morgan fingerprint density at radius 3 is 2.40 bits per heavy atom. The van der Waals surface area contributed by atoms with Gasteiger partial charge in [0.2, 0.25) is 0 Å². The monoisotopic (exact) mass is 418 g/mol. The number of ether oxygens (including phenoxy) is 1. The van der Waals surface area contributed by atoms with Crippen LogP contribution < -0.4 is 10.1 Å². The van der Waals surface area contributed by atoms with Crippen LogP contribution in [0.3, 0.4) is 0 Å². The van der Waals surface area contributed by atoms with Gasteiger partial charge in [0.1, 0.15) is 5.75 Å². The molecule has 1 aliphatic carbocycles. The third-order valence-electron chi connectivity index (χ3n) is 6.06. The molecule has 1 amide bonds. The van der Waals surface area contributed by atoms with Gasteiger partial charge in [-0.05, 0) is 80.9 Å². The average molecular weight is 418 g/mol. The molecular formula is C23H25F3N2O2. The maximum atomic E-state index is 12.6. The summed E-state index contributed by atoms with van der Waals surface area (Å²) in [6.45, 7) is 2.42. The maximum absolute atomic E-state index is 12.6. The minimum atomic E-state index is -4.85. The first-order chi connectivity index (χ1) is 14.4. The fraction of sp³-hybridized carbons (Fsp3) is 0.435. The number of likely N-dealkylation sites (tertiary alicyclic amines) is 1. The summed E-state index contributed by atoms with van der Waals surface area (Å²) in [6.07, 6.45) is 1.29. The molecule has 1 heterocycles. The van der Waals surface area contributed by atoms with Crippen LogP contribution in [0, 0.1) is 0 Å². The number of nitrogens with one attached hydrogen (secondary N) is 1. The summed E-state index contributed by atoms with van der Waals surface area (Å²) in [6, 6.07) is 13.6. The highest BCUT2D eigenvalue weighted by Crippen LogP contribution is 2.38. The van der Waals surface area contributed by atoms with Crippen LogP contribution in [0.5, 0.6) is 5.75 Å². The molecule has 2 atom stereocenters. The number of carbonyl (C=O) groups is 1. The lowest BCUT2D eigenvalue weighted by Gasteiger charge is -2.23. The smallest absolute Gasteiger partial charge is 0.405 e. The van der Waals surface area contributed by atoms with E-state index in [0.717, 1.165) is 18.9 Å². The Bertz CT molecular complexity index is 877. The van der Waals surface area contributed by atoms with Crippen molar-refractivity contribution in [2.45, 2.75) is 50.4 Å². The third-order valence-corrected chi connectivity index (χ3v) is 6.06. The summed E-state index contributed by atoms with van der Waals surface area (Å²) in [5.41, 5.74) is 1.62. The Balaban J connectivity index is 1.39. The fourth-order valence-electron chi connectivity index (χ4n) is 4.60. The zero-order chi connectivity index (χ0) is 21.1. The van der Waals surface area contributed by atoms with Crippen LogP contribution in [-0.4, -0.2) is 36.3 Å². The first-order valence-corrected chi connectivity index (χ1v) is 10.4. The summed E-state index contributed by atoms with van der Waals surface area (Å²) in [5, 5.41) is 2.66. The molecule has 1 saturated carbocycles. The Kier molecular flexibility index (Phi) is 5.99. The van der Waals surface area contributed by atoms with Crippen molar-refractivity contribution in [1.29, 1.82) is 0 Å². The van der Waals surface area contributed by atoms with E-state index in [2.05, 4.69) is 15.0 Å². The number of amides is 1. The van der Waals surface area contributed by atoms with Gasteiger partial charge < -0.3 is 15.0 Å². The lowest BCUT2D eigenvalue weighted by molar-refractivity contribution is -0.274. The van der Waals surface area contributed by atoms with E-state index in [0.29, 0.717) is 17.6 Å². The molecule has 2 aromatic rings. The van der Waals surface area contributed by atoms with Gasteiger partial charge in [-0.25, -0.2) is 0 Å². The summed E-state index contributed by atoms with van der Waals surface area (Å²) >= 11 is 0. The second kappa shape index (κ2) is 8.68. The number of benzene rings is 2. The van der Waals surface area contributed by atoms with Crippen LogP contribution in [0.2, 0.25) is 0 Å². The van der Waals surface area contributed by atoms with E-state index in [9.17, 15) is 18.0 Å². The third kappa shape index (κ3) is 4.95. The minimum absolute atomic E-state index is 0.164. The SMILES string of the molecule is O=C(Nc1ccc(C2CCC(N3CCCC3)C2)cc1)c1ccccc1OC(F)(F)F. The second-order valence-electron chi connectivity index (χ2n) is 8.03. The summed E-state index contributed by atoms with van der Waals surface area (Å²) < 4.78 is 41.7. The molecule has 1 saturated heterocycles. The fourth-order valence-corrected chi connectivity index (χ4v) is 4.60. The summed E-state index contributed by atoms with van der Waals surface area (Å²) in [7, 11) is 0. The van der Waals surface area contributed by atoms with Crippen LogP contribution in [0.4, 0.5) is 18.9 Å². The van der Waals surface area contributed by atoms with Gasteiger partial charge in [-0.15, -0.1) is 13.2 Å². The number of hydrogen-bond acceptors (Lipinski definition) is 3. The maximum Gasteiger partial charge on any atom is 0.573 e. The van der Waals surface area contributed by atoms with Crippen LogP contribution in [0.15, 0.2) is 48.5 Å². The standard InChI is InChI=1S/C23H25F3N2O2/c24-23(25,26)30-21-6-2-1-5-20(21)22(29)27-18-10-7-16(8-11-18)17-9-12-19(15-17)28-13-3-4-14-28/h1-2,5-8,10-11,17,19H,3-4,9,12-15H2,(H,27,29). The Morgan fingerprint density at radius 1 is 1.00 bits per heavy atom. The van der Waals surface area contributed by atoms with Crippen LogP contribution in [0.1, 0.15) is 53.9 Å². The quantitative estimate of drug-likeness (QED) is 0.690. The molecule has 0 spiro atoms. The number of alkyl halides is 3. The van der Waals surface area contributed by atoms with Gasteiger partial charge in [-0.3, -0.25) is 4.79 Å². The topological polar surface area (TPSA) is 41.6 Å². The number of para-hydroxylation sites is 1. The largest absolute Gasteiger partial charge is 0.573 e. The first kappa shape index (κ1) is 20.7. The molecule has 2 fully saturated rings. The molecule has 4 nitrogen and oxygen atoms in total. The highest BCUT2D eigenvalue weighted by Gasteiger charge is 2.33. The van der Waals surface area contributed by atoms with Crippen LogP contribution in [-0.2, 0) is 0 Å².